The molecule has 0 amide bonds. The fourth-order valence-electron chi connectivity index (χ4n) is 3.52. The van der Waals surface area contributed by atoms with Gasteiger partial charge in [-0.3, -0.25) is 0 Å². The minimum Gasteiger partial charge on any atom is -0.382 e. The lowest BCUT2D eigenvalue weighted by molar-refractivity contribution is -0.141. The number of hydrogen-bond acceptors (Lipinski definition) is 2. The summed E-state index contributed by atoms with van der Waals surface area (Å²) in [4.78, 5) is 0. The standard InChI is InChI=1S/C26H19F6N3/c1-2-15-33-21-11-13-22(14-12-21)35-23(16-24(34-35)26(30,31)32)19-5-3-17(4-6-19)18-7-9-20(10-8-18)25(27,28)29/h2-14,16,33H,1,15H2. The molecule has 0 unspecified atom stereocenters. The Morgan fingerprint density at radius 2 is 1.29 bits per heavy atom. The third-order valence-electron chi connectivity index (χ3n) is 5.29. The largest absolute Gasteiger partial charge is 0.435 e. The van der Waals surface area contributed by atoms with Crippen molar-refractivity contribution < 1.29 is 26.3 Å². The fourth-order valence-corrected chi connectivity index (χ4v) is 3.52. The molecule has 35 heavy (non-hydrogen) atoms. The van der Waals surface area contributed by atoms with E-state index in [2.05, 4.69) is 17.0 Å². The van der Waals surface area contributed by atoms with Crippen molar-refractivity contribution >= 4 is 5.69 Å². The number of aromatic nitrogens is 2. The first kappa shape index (κ1) is 24.1. The Labute approximate surface area is 197 Å². The first-order chi connectivity index (χ1) is 16.6. The van der Waals surface area contributed by atoms with E-state index in [0.717, 1.165) is 23.9 Å². The summed E-state index contributed by atoms with van der Waals surface area (Å²) in [6, 6.07) is 18.9. The van der Waals surface area contributed by atoms with Crippen LogP contribution in [0.1, 0.15) is 11.3 Å². The first-order valence-electron chi connectivity index (χ1n) is 10.5. The van der Waals surface area contributed by atoms with Gasteiger partial charge in [-0.05, 0) is 53.6 Å². The van der Waals surface area contributed by atoms with Crippen molar-refractivity contribution in [2.75, 3.05) is 11.9 Å². The molecule has 4 rings (SSSR count). The molecule has 0 saturated carbocycles. The van der Waals surface area contributed by atoms with Crippen LogP contribution in [0.5, 0.6) is 0 Å². The van der Waals surface area contributed by atoms with E-state index in [9.17, 15) is 26.3 Å². The van der Waals surface area contributed by atoms with E-state index in [1.807, 2.05) is 0 Å². The van der Waals surface area contributed by atoms with E-state index >= 15 is 0 Å². The summed E-state index contributed by atoms with van der Waals surface area (Å²) in [7, 11) is 0. The fraction of sp³-hybridized carbons (Fsp3) is 0.115. The third-order valence-corrected chi connectivity index (χ3v) is 5.29. The number of halogens is 6. The van der Waals surface area contributed by atoms with Gasteiger partial charge in [-0.1, -0.05) is 42.5 Å². The molecular weight excluding hydrogens is 468 g/mol. The normalized spacial score (nSPS) is 11.9. The van der Waals surface area contributed by atoms with Gasteiger partial charge in [0.1, 0.15) is 0 Å². The summed E-state index contributed by atoms with van der Waals surface area (Å²) in [5.41, 5.74) is 1.30. The quantitative estimate of drug-likeness (QED) is 0.222. The van der Waals surface area contributed by atoms with Crippen molar-refractivity contribution in [3.8, 4) is 28.1 Å². The molecule has 0 aliphatic carbocycles. The molecule has 180 valence electrons. The van der Waals surface area contributed by atoms with Gasteiger partial charge in [0.15, 0.2) is 5.69 Å². The molecule has 1 N–H and O–H groups in total. The molecule has 3 aromatic carbocycles. The summed E-state index contributed by atoms with van der Waals surface area (Å²) in [5, 5.41) is 6.87. The lowest BCUT2D eigenvalue weighted by atomic mass is 10.0. The number of anilines is 1. The summed E-state index contributed by atoms with van der Waals surface area (Å²) in [5.74, 6) is 0. The highest BCUT2D eigenvalue weighted by molar-refractivity contribution is 5.70. The number of nitrogens with zero attached hydrogens (tertiary/aromatic N) is 2. The maximum Gasteiger partial charge on any atom is 0.435 e. The second-order valence-corrected chi connectivity index (χ2v) is 7.69. The van der Waals surface area contributed by atoms with Crippen LogP contribution in [-0.4, -0.2) is 16.3 Å². The second kappa shape index (κ2) is 9.32. The third kappa shape index (κ3) is 5.40. The molecule has 0 fully saturated rings. The van der Waals surface area contributed by atoms with Crippen LogP contribution in [0.25, 0.3) is 28.1 Å². The van der Waals surface area contributed by atoms with E-state index in [-0.39, 0.29) is 5.69 Å². The van der Waals surface area contributed by atoms with E-state index in [0.29, 0.717) is 28.9 Å². The van der Waals surface area contributed by atoms with Crippen LogP contribution in [0.15, 0.2) is 91.5 Å². The van der Waals surface area contributed by atoms with Crippen molar-refractivity contribution in [3.63, 3.8) is 0 Å². The molecule has 0 spiro atoms. The molecule has 3 nitrogen and oxygen atoms in total. The molecule has 4 aromatic rings. The second-order valence-electron chi connectivity index (χ2n) is 7.69. The van der Waals surface area contributed by atoms with Gasteiger partial charge in [0, 0.05) is 17.8 Å². The van der Waals surface area contributed by atoms with Crippen molar-refractivity contribution in [3.05, 3.63) is 103 Å². The average molecular weight is 487 g/mol. The topological polar surface area (TPSA) is 29.9 Å². The Morgan fingerprint density at radius 1 is 0.743 bits per heavy atom. The molecule has 1 aromatic heterocycles. The SMILES string of the molecule is C=CCNc1ccc(-n2nc(C(F)(F)F)cc2-c2ccc(-c3ccc(C(F)(F)F)cc3)cc2)cc1. The molecule has 0 radical (unpaired) electrons. The number of rotatable bonds is 6. The Bertz CT molecular complexity index is 1300. The van der Waals surface area contributed by atoms with Gasteiger partial charge in [0.2, 0.25) is 0 Å². The van der Waals surface area contributed by atoms with Crippen LogP contribution < -0.4 is 5.32 Å². The summed E-state index contributed by atoms with van der Waals surface area (Å²) < 4.78 is 80.0. The summed E-state index contributed by atoms with van der Waals surface area (Å²) >= 11 is 0. The van der Waals surface area contributed by atoms with Gasteiger partial charge >= 0.3 is 12.4 Å². The van der Waals surface area contributed by atoms with Crippen LogP contribution in [-0.2, 0) is 12.4 Å². The van der Waals surface area contributed by atoms with E-state index < -0.39 is 23.6 Å². The molecule has 0 aliphatic heterocycles. The minimum absolute atomic E-state index is 0.225. The Kier molecular flexibility index (Phi) is 6.43. The van der Waals surface area contributed by atoms with Crippen LogP contribution in [0.3, 0.4) is 0 Å². The Hall–Kier alpha value is -4.01. The lowest BCUT2D eigenvalue weighted by Crippen LogP contribution is -2.07. The maximum absolute atomic E-state index is 13.4. The summed E-state index contributed by atoms with van der Waals surface area (Å²) in [6.45, 7) is 4.16. The van der Waals surface area contributed by atoms with Crippen LogP contribution in [0, 0.1) is 0 Å². The van der Waals surface area contributed by atoms with E-state index in [1.54, 1.807) is 54.6 Å². The predicted octanol–water partition coefficient (Wildman–Crippen LogP) is 7.84. The number of nitrogens with one attached hydrogen (secondary N) is 1. The number of hydrogen-bond donors (Lipinski definition) is 1. The van der Waals surface area contributed by atoms with Crippen molar-refractivity contribution in [2.24, 2.45) is 0 Å². The van der Waals surface area contributed by atoms with E-state index in [4.69, 9.17) is 0 Å². The molecule has 0 atom stereocenters. The van der Waals surface area contributed by atoms with Gasteiger partial charge in [0.05, 0.1) is 16.9 Å². The monoisotopic (exact) mass is 487 g/mol. The lowest BCUT2D eigenvalue weighted by Gasteiger charge is -2.11. The van der Waals surface area contributed by atoms with Gasteiger partial charge in [-0.2, -0.15) is 31.4 Å². The highest BCUT2D eigenvalue weighted by atomic mass is 19.4. The van der Waals surface area contributed by atoms with Gasteiger partial charge in [0.25, 0.3) is 0 Å². The number of benzene rings is 3. The van der Waals surface area contributed by atoms with E-state index in [1.165, 1.54) is 16.8 Å². The molecule has 9 heteroatoms. The Morgan fingerprint density at radius 3 is 1.80 bits per heavy atom. The maximum atomic E-state index is 13.4. The van der Waals surface area contributed by atoms with Crippen LogP contribution >= 0.6 is 0 Å². The van der Waals surface area contributed by atoms with Gasteiger partial charge in [-0.25, -0.2) is 4.68 Å². The summed E-state index contributed by atoms with van der Waals surface area (Å²) in [6.07, 6.45) is -7.38. The van der Waals surface area contributed by atoms with Gasteiger partial charge in [-0.15, -0.1) is 6.58 Å². The number of alkyl halides is 6. The smallest absolute Gasteiger partial charge is 0.382 e. The Balaban J connectivity index is 1.68. The zero-order valence-corrected chi connectivity index (χ0v) is 18.2. The zero-order valence-electron chi connectivity index (χ0n) is 18.2. The zero-order chi connectivity index (χ0) is 25.2. The van der Waals surface area contributed by atoms with Crippen LogP contribution in [0.4, 0.5) is 32.0 Å². The highest BCUT2D eigenvalue weighted by Crippen LogP contribution is 2.35. The molecule has 0 aliphatic rings. The molecule has 0 bridgehead atoms. The first-order valence-corrected chi connectivity index (χ1v) is 10.5. The van der Waals surface area contributed by atoms with Crippen molar-refractivity contribution in [1.82, 2.24) is 9.78 Å². The molecule has 1 heterocycles. The molecule has 0 saturated heterocycles. The van der Waals surface area contributed by atoms with Crippen molar-refractivity contribution in [2.45, 2.75) is 12.4 Å². The van der Waals surface area contributed by atoms with Crippen molar-refractivity contribution in [1.29, 1.82) is 0 Å². The van der Waals surface area contributed by atoms with Crippen LogP contribution in [0.2, 0.25) is 0 Å². The minimum atomic E-state index is -4.63. The molecular formula is C26H19F6N3. The predicted molar refractivity (Wildman–Crippen MR) is 123 cm³/mol. The highest BCUT2D eigenvalue weighted by Gasteiger charge is 2.35. The van der Waals surface area contributed by atoms with Gasteiger partial charge < -0.3 is 5.32 Å². The average Bonchev–Trinajstić information content (AvgIpc) is 3.29.